The summed E-state index contributed by atoms with van der Waals surface area (Å²) in [6.07, 6.45) is 4.22. The van der Waals surface area contributed by atoms with Gasteiger partial charge in [0.2, 0.25) is 0 Å². The molecule has 0 aliphatic carbocycles. The Labute approximate surface area is 177 Å². The molecule has 5 nitrogen and oxygen atoms in total. The van der Waals surface area contributed by atoms with Gasteiger partial charge in [0.15, 0.2) is 5.96 Å². The molecule has 0 spiro atoms. The molecule has 7 heteroatoms. The Morgan fingerprint density at radius 1 is 1.42 bits per heavy atom. The first-order chi connectivity index (χ1) is 12.2. The van der Waals surface area contributed by atoms with Crippen molar-refractivity contribution in [1.82, 2.24) is 15.1 Å². The van der Waals surface area contributed by atoms with Crippen molar-refractivity contribution in [2.45, 2.75) is 25.4 Å². The zero-order chi connectivity index (χ0) is 17.6. The third-order valence-electron chi connectivity index (χ3n) is 4.91. The van der Waals surface area contributed by atoms with Gasteiger partial charge in [-0.15, -0.1) is 35.3 Å². The third-order valence-corrected chi connectivity index (χ3v) is 5.85. The molecule has 1 aliphatic rings. The molecule has 3 heterocycles. The molecule has 0 saturated carbocycles. The van der Waals surface area contributed by atoms with E-state index in [9.17, 15) is 0 Å². The molecule has 2 aromatic heterocycles. The monoisotopic (exact) mass is 488 g/mol. The van der Waals surface area contributed by atoms with Crippen LogP contribution in [0.2, 0.25) is 0 Å². The van der Waals surface area contributed by atoms with Gasteiger partial charge in [-0.1, -0.05) is 6.07 Å². The number of aliphatic imine (C=N–C) groups is 1. The predicted molar refractivity (Wildman–Crippen MR) is 119 cm³/mol. The predicted octanol–water partition coefficient (Wildman–Crippen LogP) is 4.05. The fraction of sp³-hybridized carbons (Fsp3) is 0.526. The van der Waals surface area contributed by atoms with Crippen LogP contribution in [0.5, 0.6) is 0 Å². The van der Waals surface area contributed by atoms with Crippen LogP contribution in [0.1, 0.15) is 29.5 Å². The van der Waals surface area contributed by atoms with Crippen molar-refractivity contribution in [1.29, 1.82) is 0 Å². The smallest absolute Gasteiger partial charge is 0.193 e. The number of guanidine groups is 1. The first-order valence-electron chi connectivity index (χ1n) is 8.87. The lowest BCUT2D eigenvalue weighted by molar-refractivity contribution is 0.124. The maximum absolute atomic E-state index is 5.44. The summed E-state index contributed by atoms with van der Waals surface area (Å²) in [7, 11) is 6.13. The highest BCUT2D eigenvalue weighted by Crippen LogP contribution is 2.36. The van der Waals surface area contributed by atoms with Gasteiger partial charge in [0.1, 0.15) is 5.76 Å². The number of likely N-dealkylation sites (tertiary alicyclic amines) is 1. The zero-order valence-corrected chi connectivity index (χ0v) is 18.9. The summed E-state index contributed by atoms with van der Waals surface area (Å²) >= 11 is 1.86. The number of thiophene rings is 1. The number of furan rings is 1. The lowest BCUT2D eigenvalue weighted by Crippen LogP contribution is -2.45. The van der Waals surface area contributed by atoms with E-state index in [1.54, 1.807) is 6.26 Å². The second kappa shape index (κ2) is 10.3. The lowest BCUT2D eigenvalue weighted by atomic mass is 9.88. The van der Waals surface area contributed by atoms with Gasteiger partial charge in [-0.25, -0.2) is 0 Å². The maximum atomic E-state index is 5.44. The van der Waals surface area contributed by atoms with Crippen LogP contribution in [0, 0.1) is 5.92 Å². The summed E-state index contributed by atoms with van der Waals surface area (Å²) in [6.45, 7) is 2.82. The van der Waals surface area contributed by atoms with E-state index in [0.717, 1.165) is 18.3 Å². The SMILES string of the molecule is CN=C(NCC1CCCN(C)C1c1cccs1)N(C)Cc1ccco1.I. The van der Waals surface area contributed by atoms with Gasteiger partial charge in [0, 0.05) is 31.6 Å². The minimum atomic E-state index is 0. The van der Waals surface area contributed by atoms with Crippen LogP contribution < -0.4 is 5.32 Å². The Morgan fingerprint density at radius 3 is 2.92 bits per heavy atom. The number of halogens is 1. The van der Waals surface area contributed by atoms with Crippen molar-refractivity contribution in [3.63, 3.8) is 0 Å². The van der Waals surface area contributed by atoms with Gasteiger partial charge in [0.25, 0.3) is 0 Å². The molecular formula is C19H29IN4OS. The molecule has 2 unspecified atom stereocenters. The fourth-order valence-corrected chi connectivity index (χ4v) is 4.68. The molecule has 144 valence electrons. The fourth-order valence-electron chi connectivity index (χ4n) is 3.70. The summed E-state index contributed by atoms with van der Waals surface area (Å²) in [4.78, 5) is 10.5. The number of rotatable bonds is 5. The maximum Gasteiger partial charge on any atom is 0.193 e. The normalized spacial score (nSPS) is 21.3. The van der Waals surface area contributed by atoms with Crippen LogP contribution >= 0.6 is 35.3 Å². The standard InChI is InChI=1S/C19H28N4OS.HI/c1-20-19(23(3)14-16-8-5-11-24-16)21-13-15-7-4-10-22(2)18(15)17-9-6-12-25-17;/h5-6,8-9,11-12,15,18H,4,7,10,13-14H2,1-3H3,(H,20,21);1H. The molecule has 26 heavy (non-hydrogen) atoms. The molecule has 2 atom stereocenters. The van der Waals surface area contributed by atoms with Crippen LogP contribution in [0.4, 0.5) is 0 Å². The van der Waals surface area contributed by atoms with Crippen LogP contribution in [0.25, 0.3) is 0 Å². The Balaban J connectivity index is 0.00000243. The summed E-state index contributed by atoms with van der Waals surface area (Å²) in [5.74, 6) is 2.44. The summed E-state index contributed by atoms with van der Waals surface area (Å²) < 4.78 is 5.44. The minimum Gasteiger partial charge on any atom is -0.467 e. The first kappa shape index (κ1) is 21.2. The van der Waals surface area contributed by atoms with E-state index in [0.29, 0.717) is 18.5 Å². The molecule has 0 aromatic carbocycles. The van der Waals surface area contributed by atoms with Gasteiger partial charge < -0.3 is 14.6 Å². The van der Waals surface area contributed by atoms with Crippen molar-refractivity contribution in [3.8, 4) is 0 Å². The van der Waals surface area contributed by atoms with Crippen molar-refractivity contribution in [2.24, 2.45) is 10.9 Å². The van der Waals surface area contributed by atoms with E-state index >= 15 is 0 Å². The highest BCUT2D eigenvalue weighted by molar-refractivity contribution is 14.0. The van der Waals surface area contributed by atoms with Crippen molar-refractivity contribution in [2.75, 3.05) is 34.2 Å². The van der Waals surface area contributed by atoms with Gasteiger partial charge in [0.05, 0.1) is 12.8 Å². The average Bonchev–Trinajstić information content (AvgIpc) is 3.29. The number of nitrogens with zero attached hydrogens (tertiary/aromatic N) is 3. The summed E-state index contributed by atoms with van der Waals surface area (Å²) in [5, 5.41) is 5.75. The molecule has 0 radical (unpaired) electrons. The molecule has 0 amide bonds. The zero-order valence-electron chi connectivity index (χ0n) is 15.7. The molecule has 0 bridgehead atoms. The molecule has 1 aliphatic heterocycles. The number of nitrogens with one attached hydrogen (secondary N) is 1. The first-order valence-corrected chi connectivity index (χ1v) is 9.75. The van der Waals surface area contributed by atoms with Crippen molar-refractivity contribution in [3.05, 3.63) is 46.5 Å². The van der Waals surface area contributed by atoms with Gasteiger partial charge in [-0.3, -0.25) is 9.89 Å². The third kappa shape index (κ3) is 5.23. The second-order valence-electron chi connectivity index (χ2n) is 6.71. The van der Waals surface area contributed by atoms with Gasteiger partial charge in [-0.05, 0) is 55.9 Å². The quantitative estimate of drug-likeness (QED) is 0.392. The molecule has 1 saturated heterocycles. The molecule has 1 N–H and O–H groups in total. The van der Waals surface area contributed by atoms with Gasteiger partial charge >= 0.3 is 0 Å². The Kier molecular flexibility index (Phi) is 8.43. The highest BCUT2D eigenvalue weighted by atomic mass is 127. The van der Waals surface area contributed by atoms with Crippen LogP contribution in [0.15, 0.2) is 45.3 Å². The van der Waals surface area contributed by atoms with E-state index < -0.39 is 0 Å². The van der Waals surface area contributed by atoms with E-state index in [1.165, 1.54) is 24.3 Å². The number of piperidine rings is 1. The molecule has 1 fully saturated rings. The van der Waals surface area contributed by atoms with E-state index in [1.807, 2.05) is 37.6 Å². The Morgan fingerprint density at radius 2 is 2.27 bits per heavy atom. The van der Waals surface area contributed by atoms with Gasteiger partial charge in [-0.2, -0.15) is 0 Å². The van der Waals surface area contributed by atoms with Crippen molar-refractivity contribution >= 4 is 41.3 Å². The van der Waals surface area contributed by atoms with Crippen molar-refractivity contribution < 1.29 is 4.42 Å². The average molecular weight is 488 g/mol. The second-order valence-corrected chi connectivity index (χ2v) is 7.69. The topological polar surface area (TPSA) is 44.0 Å². The minimum absolute atomic E-state index is 0. The molecular weight excluding hydrogens is 459 g/mol. The summed E-state index contributed by atoms with van der Waals surface area (Å²) in [6, 6.07) is 8.83. The highest BCUT2D eigenvalue weighted by Gasteiger charge is 2.31. The van der Waals surface area contributed by atoms with E-state index in [-0.39, 0.29) is 24.0 Å². The summed E-state index contributed by atoms with van der Waals surface area (Å²) in [5.41, 5.74) is 0. The Bertz CT molecular complexity index is 659. The number of hydrogen-bond acceptors (Lipinski definition) is 4. The van der Waals surface area contributed by atoms with Crippen LogP contribution in [0.3, 0.4) is 0 Å². The number of hydrogen-bond donors (Lipinski definition) is 1. The molecule has 3 rings (SSSR count). The van der Waals surface area contributed by atoms with Crippen LogP contribution in [-0.2, 0) is 6.54 Å². The van der Waals surface area contributed by atoms with E-state index in [2.05, 4.69) is 44.7 Å². The van der Waals surface area contributed by atoms with E-state index in [4.69, 9.17) is 4.42 Å². The Hall–Kier alpha value is -1.06. The molecule has 2 aromatic rings. The van der Waals surface area contributed by atoms with Crippen LogP contribution in [-0.4, -0.2) is 50.0 Å². The largest absolute Gasteiger partial charge is 0.467 e. The lowest BCUT2D eigenvalue weighted by Gasteiger charge is -2.39.